The number of hydrogen-bond acceptors (Lipinski definition) is 3. The Morgan fingerprint density at radius 3 is 2.44 bits per heavy atom. The van der Waals surface area contributed by atoms with E-state index in [4.69, 9.17) is 15.2 Å². The highest BCUT2D eigenvalue weighted by molar-refractivity contribution is 5.56. The molecule has 1 aromatic rings. The third-order valence-corrected chi connectivity index (χ3v) is 2.50. The average Bonchev–Trinajstić information content (AvgIpc) is 2.24. The van der Waals surface area contributed by atoms with Crippen molar-refractivity contribution in [3.8, 4) is 11.5 Å². The molecule has 0 spiro atoms. The van der Waals surface area contributed by atoms with Crippen molar-refractivity contribution in [1.82, 2.24) is 0 Å². The maximum Gasteiger partial charge on any atom is 0.167 e. The van der Waals surface area contributed by atoms with E-state index in [1.54, 1.807) is 6.92 Å². The Morgan fingerprint density at radius 2 is 1.89 bits per heavy atom. The molecule has 0 aliphatic rings. The molecule has 0 aliphatic heterocycles. The van der Waals surface area contributed by atoms with Gasteiger partial charge in [0, 0.05) is 12.1 Å². The van der Waals surface area contributed by atoms with E-state index >= 15 is 0 Å². The van der Waals surface area contributed by atoms with E-state index < -0.39 is 5.82 Å². The molecule has 0 heterocycles. The SMILES string of the molecule is CCOc1cc(OC(C)CC(C)C)c(N)cc1F. The van der Waals surface area contributed by atoms with Crippen LogP contribution in [0.5, 0.6) is 11.5 Å². The summed E-state index contributed by atoms with van der Waals surface area (Å²) in [6.07, 6.45) is 0.952. The molecule has 0 radical (unpaired) electrons. The molecule has 0 saturated heterocycles. The second-order valence-electron chi connectivity index (χ2n) is 4.81. The van der Waals surface area contributed by atoms with Gasteiger partial charge in [-0.25, -0.2) is 4.39 Å². The Morgan fingerprint density at radius 1 is 1.22 bits per heavy atom. The number of rotatable bonds is 6. The van der Waals surface area contributed by atoms with Gasteiger partial charge < -0.3 is 15.2 Å². The highest BCUT2D eigenvalue weighted by atomic mass is 19.1. The van der Waals surface area contributed by atoms with Crippen LogP contribution in [0.2, 0.25) is 0 Å². The van der Waals surface area contributed by atoms with Gasteiger partial charge in [0.15, 0.2) is 11.6 Å². The van der Waals surface area contributed by atoms with Gasteiger partial charge in [-0.2, -0.15) is 0 Å². The summed E-state index contributed by atoms with van der Waals surface area (Å²) in [4.78, 5) is 0. The van der Waals surface area contributed by atoms with Crippen LogP contribution in [0.4, 0.5) is 10.1 Å². The number of benzene rings is 1. The smallest absolute Gasteiger partial charge is 0.167 e. The second-order valence-corrected chi connectivity index (χ2v) is 4.81. The lowest BCUT2D eigenvalue weighted by molar-refractivity contribution is 0.193. The number of ether oxygens (including phenoxy) is 2. The summed E-state index contributed by atoms with van der Waals surface area (Å²) in [5.74, 6) is 0.734. The molecule has 18 heavy (non-hydrogen) atoms. The van der Waals surface area contributed by atoms with Crippen LogP contribution in [0, 0.1) is 11.7 Å². The molecule has 0 aromatic heterocycles. The fourth-order valence-corrected chi connectivity index (χ4v) is 1.85. The monoisotopic (exact) mass is 255 g/mol. The predicted molar refractivity (Wildman–Crippen MR) is 71.5 cm³/mol. The van der Waals surface area contributed by atoms with Gasteiger partial charge in [0.2, 0.25) is 0 Å². The second kappa shape index (κ2) is 6.47. The van der Waals surface area contributed by atoms with E-state index in [-0.39, 0.29) is 11.9 Å². The number of nitrogen functional groups attached to an aromatic ring is 1. The summed E-state index contributed by atoms with van der Waals surface area (Å²) in [5, 5.41) is 0. The first-order valence-corrected chi connectivity index (χ1v) is 6.32. The Bertz CT molecular complexity index is 394. The molecular formula is C14H22FNO2. The molecule has 2 N–H and O–H groups in total. The highest BCUT2D eigenvalue weighted by Gasteiger charge is 2.13. The molecule has 102 valence electrons. The van der Waals surface area contributed by atoms with E-state index in [1.807, 2.05) is 6.92 Å². The minimum absolute atomic E-state index is 0.0345. The number of nitrogens with two attached hydrogens (primary N) is 1. The summed E-state index contributed by atoms with van der Waals surface area (Å²) < 4.78 is 24.4. The third-order valence-electron chi connectivity index (χ3n) is 2.50. The Balaban J connectivity index is 2.84. The summed E-state index contributed by atoms with van der Waals surface area (Å²) in [6.45, 7) is 8.43. The number of halogens is 1. The lowest BCUT2D eigenvalue weighted by Gasteiger charge is -2.18. The molecule has 0 bridgehead atoms. The zero-order valence-electron chi connectivity index (χ0n) is 11.5. The predicted octanol–water partition coefficient (Wildman–Crippen LogP) is 3.62. The van der Waals surface area contributed by atoms with Crippen molar-refractivity contribution in [2.45, 2.75) is 40.2 Å². The lowest BCUT2D eigenvalue weighted by Crippen LogP contribution is -2.15. The Hall–Kier alpha value is -1.45. The molecule has 3 nitrogen and oxygen atoms in total. The fourth-order valence-electron chi connectivity index (χ4n) is 1.85. The molecule has 0 saturated carbocycles. The van der Waals surface area contributed by atoms with Crippen molar-refractivity contribution < 1.29 is 13.9 Å². The highest BCUT2D eigenvalue weighted by Crippen LogP contribution is 2.31. The molecule has 1 atom stereocenters. The van der Waals surface area contributed by atoms with Gasteiger partial charge in [-0.15, -0.1) is 0 Å². The minimum atomic E-state index is -0.460. The van der Waals surface area contributed by atoms with Gasteiger partial charge in [0.1, 0.15) is 5.75 Å². The molecule has 0 amide bonds. The van der Waals surface area contributed by atoms with Crippen LogP contribution in [0.25, 0.3) is 0 Å². The summed E-state index contributed by atoms with van der Waals surface area (Å²) in [7, 11) is 0. The topological polar surface area (TPSA) is 44.5 Å². The van der Waals surface area contributed by atoms with Crippen LogP contribution in [0.1, 0.15) is 34.1 Å². The van der Waals surface area contributed by atoms with Crippen LogP contribution in [-0.4, -0.2) is 12.7 Å². The summed E-state index contributed by atoms with van der Waals surface area (Å²) in [5.41, 5.74) is 6.04. The molecule has 1 aromatic carbocycles. The van der Waals surface area contributed by atoms with Gasteiger partial charge in [-0.1, -0.05) is 13.8 Å². The molecular weight excluding hydrogens is 233 g/mol. The first-order valence-electron chi connectivity index (χ1n) is 6.32. The van der Waals surface area contributed by atoms with E-state index in [0.29, 0.717) is 24.0 Å². The molecule has 4 heteroatoms. The maximum atomic E-state index is 13.5. The zero-order valence-corrected chi connectivity index (χ0v) is 11.5. The van der Waals surface area contributed by atoms with E-state index in [9.17, 15) is 4.39 Å². The summed E-state index contributed by atoms with van der Waals surface area (Å²) >= 11 is 0. The van der Waals surface area contributed by atoms with E-state index in [0.717, 1.165) is 6.42 Å². The van der Waals surface area contributed by atoms with Crippen molar-refractivity contribution in [2.75, 3.05) is 12.3 Å². The van der Waals surface area contributed by atoms with Gasteiger partial charge in [-0.3, -0.25) is 0 Å². The van der Waals surface area contributed by atoms with E-state index in [2.05, 4.69) is 13.8 Å². The van der Waals surface area contributed by atoms with Crippen LogP contribution >= 0.6 is 0 Å². The van der Waals surface area contributed by atoms with Crippen molar-refractivity contribution in [1.29, 1.82) is 0 Å². The Kier molecular flexibility index (Phi) is 5.25. The molecule has 1 unspecified atom stereocenters. The first kappa shape index (κ1) is 14.6. The van der Waals surface area contributed by atoms with Gasteiger partial charge in [-0.05, 0) is 26.2 Å². The lowest BCUT2D eigenvalue weighted by atomic mass is 10.1. The normalized spacial score (nSPS) is 12.6. The van der Waals surface area contributed by atoms with Gasteiger partial charge >= 0.3 is 0 Å². The third kappa shape index (κ3) is 4.09. The maximum absolute atomic E-state index is 13.5. The van der Waals surface area contributed by atoms with Crippen molar-refractivity contribution >= 4 is 5.69 Å². The fraction of sp³-hybridized carbons (Fsp3) is 0.571. The molecule has 1 rings (SSSR count). The van der Waals surface area contributed by atoms with Gasteiger partial charge in [0.25, 0.3) is 0 Å². The zero-order chi connectivity index (χ0) is 13.7. The molecule has 0 aliphatic carbocycles. The largest absolute Gasteiger partial charge is 0.491 e. The van der Waals surface area contributed by atoms with Crippen molar-refractivity contribution in [2.24, 2.45) is 5.92 Å². The van der Waals surface area contributed by atoms with E-state index in [1.165, 1.54) is 12.1 Å². The standard InChI is InChI=1S/C14H22FNO2/c1-5-17-13-8-14(12(16)7-11(13)15)18-10(4)6-9(2)3/h7-10H,5-6,16H2,1-4H3. The first-order chi connectivity index (χ1) is 8.43. The number of anilines is 1. The minimum Gasteiger partial charge on any atom is -0.491 e. The quantitative estimate of drug-likeness (QED) is 0.790. The average molecular weight is 255 g/mol. The van der Waals surface area contributed by atoms with Crippen LogP contribution in [0.3, 0.4) is 0 Å². The Labute approximate surface area is 108 Å². The van der Waals surface area contributed by atoms with Crippen molar-refractivity contribution in [3.05, 3.63) is 17.9 Å². The van der Waals surface area contributed by atoms with Crippen LogP contribution < -0.4 is 15.2 Å². The van der Waals surface area contributed by atoms with Crippen LogP contribution in [-0.2, 0) is 0 Å². The van der Waals surface area contributed by atoms with Crippen LogP contribution in [0.15, 0.2) is 12.1 Å². The number of hydrogen-bond donors (Lipinski definition) is 1. The van der Waals surface area contributed by atoms with Crippen molar-refractivity contribution in [3.63, 3.8) is 0 Å². The van der Waals surface area contributed by atoms with Gasteiger partial charge in [0.05, 0.1) is 18.4 Å². The summed E-state index contributed by atoms with van der Waals surface area (Å²) in [6, 6.07) is 2.76. The molecule has 0 fully saturated rings.